The molecule has 2 aliphatic heterocycles. The lowest BCUT2D eigenvalue weighted by Gasteiger charge is -2.36. The van der Waals surface area contributed by atoms with Gasteiger partial charge in [-0.15, -0.1) is 11.3 Å². The monoisotopic (exact) mass is 958 g/mol. The van der Waals surface area contributed by atoms with Crippen molar-refractivity contribution in [2.45, 2.75) is 91.2 Å². The van der Waals surface area contributed by atoms with E-state index in [1.54, 1.807) is 47.0 Å². The van der Waals surface area contributed by atoms with Gasteiger partial charge in [-0.1, -0.05) is 64.1 Å². The first-order chi connectivity index (χ1) is 31.7. The molecule has 0 saturated carbocycles. The van der Waals surface area contributed by atoms with Crippen molar-refractivity contribution in [2.75, 3.05) is 43.4 Å². The Hall–Kier alpha value is -5.72. The van der Waals surface area contributed by atoms with E-state index in [0.29, 0.717) is 36.5 Å². The molecular weight excluding hydrogens is 903 g/mol. The molecule has 356 valence electrons. The van der Waals surface area contributed by atoms with Crippen molar-refractivity contribution in [2.24, 2.45) is 11.3 Å². The summed E-state index contributed by atoms with van der Waals surface area (Å²) in [6, 6.07) is 10.5. The number of sulfone groups is 1. The summed E-state index contributed by atoms with van der Waals surface area (Å²) in [6.45, 7) is 10.5. The minimum atomic E-state index is -3.68. The molecule has 3 amide bonds. The number of ketones is 2. The van der Waals surface area contributed by atoms with Gasteiger partial charge in [0.2, 0.25) is 17.7 Å². The zero-order chi connectivity index (χ0) is 48.4. The molecule has 0 unspecified atom stereocenters. The van der Waals surface area contributed by atoms with Crippen molar-refractivity contribution in [3.8, 4) is 10.4 Å². The van der Waals surface area contributed by atoms with E-state index in [9.17, 15) is 37.5 Å². The van der Waals surface area contributed by atoms with Gasteiger partial charge in [-0.2, -0.15) is 0 Å². The number of likely N-dealkylation sites (tertiary alicyclic amines) is 1. The molecule has 18 heteroatoms. The van der Waals surface area contributed by atoms with Gasteiger partial charge in [0.15, 0.2) is 15.6 Å². The van der Waals surface area contributed by atoms with Crippen LogP contribution in [-0.4, -0.2) is 113 Å². The van der Waals surface area contributed by atoms with Gasteiger partial charge in [0, 0.05) is 81.1 Å². The summed E-state index contributed by atoms with van der Waals surface area (Å²) in [7, 11) is -3.68. The standard InChI is InChI=1S/C49H56F2N6O8S2/c1-6-19-67(64,65)27-32-11-13-39(50)43(44(32)51)45(61)36-12-14-40-37(36)20-33(25-52-40)55-15-17-56(18-16-55)42(60)23-34(58)21-38(49(3,4)5)48(63)57-26-35(59)22-41(57)47(62)53-24-30-7-9-31(10-8-30)46-29(2)54-28-66-46/h7-13,20,25,28,35,38,41,59H,6,14-19,21-24,26-27H2,1-5H3,(H,53,62)/t35-,38-,41+/m1/s1. The molecular formula is C49H56F2N6O8S2. The number of fused-ring (bicyclic) bond motifs is 1. The maximum absolute atomic E-state index is 15.6. The maximum atomic E-state index is 15.6. The first-order valence-electron chi connectivity index (χ1n) is 22.5. The molecule has 2 fully saturated rings. The number of nitrogens with zero attached hydrogens (tertiary/aromatic N) is 5. The number of aliphatic hydroxyl groups excluding tert-OH is 1. The Kier molecular flexibility index (Phi) is 14.9. The van der Waals surface area contributed by atoms with Crippen molar-refractivity contribution >= 4 is 61.7 Å². The molecule has 7 rings (SSSR count). The Balaban J connectivity index is 0.937. The third-order valence-corrected chi connectivity index (χ3v) is 15.5. The second-order valence-electron chi connectivity index (χ2n) is 18.6. The van der Waals surface area contributed by atoms with Crippen LogP contribution in [0.5, 0.6) is 0 Å². The Labute approximate surface area is 393 Å². The highest BCUT2D eigenvalue weighted by atomic mass is 32.2. The van der Waals surface area contributed by atoms with Crippen LogP contribution >= 0.6 is 11.3 Å². The SMILES string of the molecule is CCCS(=O)(=O)Cc1ccc(F)c(C(=O)C2=CCc3ncc(N4CCN(C(=O)CC(=O)C[C@H](C(=O)N5C[C@H](O)C[C@H]5C(=O)NCc5ccc(-c6scnc6C)cc5)C(C)(C)C)CC4)cc32)c1F. The molecule has 0 bridgehead atoms. The largest absolute Gasteiger partial charge is 0.391 e. The number of halogens is 2. The molecule has 14 nitrogen and oxygen atoms in total. The first kappa shape index (κ1) is 49.2. The number of aryl methyl sites for hydroxylation is 1. The number of aliphatic hydroxyl groups is 1. The number of hydrogen-bond donors (Lipinski definition) is 2. The minimum Gasteiger partial charge on any atom is -0.391 e. The molecule has 2 aromatic carbocycles. The molecule has 1 aliphatic carbocycles. The number of hydrogen-bond acceptors (Lipinski definition) is 12. The van der Waals surface area contributed by atoms with Crippen molar-refractivity contribution in [1.29, 1.82) is 0 Å². The highest BCUT2D eigenvalue weighted by molar-refractivity contribution is 7.90. The summed E-state index contributed by atoms with van der Waals surface area (Å²) >= 11 is 1.55. The third-order valence-electron chi connectivity index (χ3n) is 12.7. The highest BCUT2D eigenvalue weighted by Crippen LogP contribution is 2.36. The number of β-amino-alcohol motifs (C(OH)–C–C–N with tert-alkyl or cyclic N) is 1. The third kappa shape index (κ3) is 11.2. The van der Waals surface area contributed by atoms with Gasteiger partial charge >= 0.3 is 0 Å². The maximum Gasteiger partial charge on any atom is 0.243 e. The lowest BCUT2D eigenvalue weighted by molar-refractivity contribution is -0.147. The van der Waals surface area contributed by atoms with Crippen molar-refractivity contribution in [3.63, 3.8) is 0 Å². The van der Waals surface area contributed by atoms with Crippen LogP contribution in [-0.2, 0) is 47.7 Å². The van der Waals surface area contributed by atoms with Crippen LogP contribution in [0.2, 0.25) is 0 Å². The zero-order valence-electron chi connectivity index (χ0n) is 38.3. The number of benzene rings is 2. The summed E-state index contributed by atoms with van der Waals surface area (Å²) in [6.07, 6.45) is 2.23. The van der Waals surface area contributed by atoms with Crippen LogP contribution in [0.3, 0.4) is 0 Å². The number of pyridine rings is 1. The Bertz CT molecular complexity index is 2710. The molecule has 4 aromatic rings. The van der Waals surface area contributed by atoms with E-state index in [1.165, 1.54) is 4.90 Å². The molecule has 0 radical (unpaired) electrons. The first-order valence-corrected chi connectivity index (χ1v) is 25.2. The van der Waals surface area contributed by atoms with E-state index in [0.717, 1.165) is 33.8 Å². The predicted octanol–water partition coefficient (Wildman–Crippen LogP) is 5.88. The number of rotatable bonds is 16. The summed E-state index contributed by atoms with van der Waals surface area (Å²) in [4.78, 5) is 83.3. The molecule has 2 saturated heterocycles. The molecule has 0 spiro atoms. The molecule has 2 N–H and O–H groups in total. The van der Waals surface area contributed by atoms with Gasteiger partial charge in [-0.25, -0.2) is 22.2 Å². The van der Waals surface area contributed by atoms with Crippen molar-refractivity contribution < 1.29 is 46.3 Å². The number of aromatic nitrogens is 2. The highest BCUT2D eigenvalue weighted by Gasteiger charge is 2.44. The van der Waals surface area contributed by atoms with E-state index in [-0.39, 0.29) is 62.3 Å². The van der Waals surface area contributed by atoms with Crippen LogP contribution in [0.15, 0.2) is 60.2 Å². The van der Waals surface area contributed by atoms with Crippen LogP contribution in [0.25, 0.3) is 16.0 Å². The number of anilines is 1. The van der Waals surface area contributed by atoms with Gasteiger partial charge in [0.1, 0.15) is 23.5 Å². The number of amides is 3. The van der Waals surface area contributed by atoms with Gasteiger partial charge in [0.05, 0.1) is 63.3 Å². The Morgan fingerprint density at radius 3 is 2.37 bits per heavy atom. The lowest BCUT2D eigenvalue weighted by atomic mass is 9.76. The van der Waals surface area contributed by atoms with Gasteiger partial charge in [-0.3, -0.25) is 29.0 Å². The number of thiazole rings is 1. The fourth-order valence-electron chi connectivity index (χ4n) is 8.97. The lowest BCUT2D eigenvalue weighted by Crippen LogP contribution is -2.50. The average Bonchev–Trinajstić information content (AvgIpc) is 4.03. The van der Waals surface area contributed by atoms with E-state index < -0.39 is 92.0 Å². The second kappa shape index (κ2) is 20.2. The van der Waals surface area contributed by atoms with Crippen LogP contribution < -0.4 is 10.2 Å². The molecule has 4 heterocycles. The van der Waals surface area contributed by atoms with Gasteiger partial charge < -0.3 is 25.1 Å². The number of carbonyl (C=O) groups excluding carboxylic acids is 5. The van der Waals surface area contributed by atoms with E-state index in [1.807, 2.05) is 56.9 Å². The number of Topliss-reactive ketones (excluding diaryl/α,β-unsaturated/α-hetero) is 2. The Morgan fingerprint density at radius 2 is 1.72 bits per heavy atom. The molecule has 3 aliphatic rings. The van der Waals surface area contributed by atoms with E-state index >= 15 is 8.78 Å². The summed E-state index contributed by atoms with van der Waals surface area (Å²) in [5, 5.41) is 13.6. The number of piperazine rings is 1. The Morgan fingerprint density at radius 1 is 1.00 bits per heavy atom. The van der Waals surface area contributed by atoms with Crippen LogP contribution in [0.4, 0.5) is 14.5 Å². The number of allylic oxidation sites excluding steroid dienone is 2. The van der Waals surface area contributed by atoms with E-state index in [2.05, 4.69) is 15.3 Å². The average molecular weight is 959 g/mol. The van der Waals surface area contributed by atoms with Crippen molar-refractivity contribution in [1.82, 2.24) is 25.1 Å². The fourth-order valence-corrected chi connectivity index (χ4v) is 11.2. The summed E-state index contributed by atoms with van der Waals surface area (Å²) in [5.74, 6) is -6.61. The molecule has 2 aromatic heterocycles. The predicted molar refractivity (Wildman–Crippen MR) is 251 cm³/mol. The fraction of sp³-hybridized carbons (Fsp3) is 0.449. The zero-order valence-corrected chi connectivity index (χ0v) is 39.9. The van der Waals surface area contributed by atoms with Crippen molar-refractivity contribution in [3.05, 3.63) is 106 Å². The molecule has 3 atom stereocenters. The van der Waals surface area contributed by atoms with E-state index in [4.69, 9.17) is 0 Å². The van der Waals surface area contributed by atoms with Gasteiger partial charge in [-0.05, 0) is 42.0 Å². The quantitative estimate of drug-likeness (QED) is 0.101. The minimum absolute atomic E-state index is 0.0510. The van der Waals surface area contributed by atoms with Gasteiger partial charge in [0.25, 0.3) is 0 Å². The topological polar surface area (TPSA) is 187 Å². The summed E-state index contributed by atoms with van der Waals surface area (Å²) in [5.41, 5.74) is 4.39. The smallest absolute Gasteiger partial charge is 0.243 e. The summed E-state index contributed by atoms with van der Waals surface area (Å²) < 4.78 is 55.6. The normalized spacial score (nSPS) is 17.9. The van der Waals surface area contributed by atoms with Crippen LogP contribution in [0, 0.1) is 29.9 Å². The second-order valence-corrected chi connectivity index (χ2v) is 21.6. The van der Waals surface area contributed by atoms with Crippen LogP contribution in [0.1, 0.15) is 91.8 Å². The number of carbonyl (C=O) groups is 5. The molecule has 67 heavy (non-hydrogen) atoms. The number of nitrogens with one attached hydrogen (secondary N) is 1.